The first-order valence-corrected chi connectivity index (χ1v) is 8.34. The summed E-state index contributed by atoms with van der Waals surface area (Å²) in [7, 11) is 0. The van der Waals surface area contributed by atoms with Gasteiger partial charge in [-0.05, 0) is 36.4 Å². The van der Waals surface area contributed by atoms with Gasteiger partial charge in [-0.2, -0.15) is 18.3 Å². The van der Waals surface area contributed by atoms with E-state index in [4.69, 9.17) is 28.3 Å². The number of halogens is 5. The Bertz CT molecular complexity index is 999. The molecule has 0 saturated heterocycles. The molecule has 9 heteroatoms. The van der Waals surface area contributed by atoms with Gasteiger partial charge in [-0.25, -0.2) is 4.68 Å². The van der Waals surface area contributed by atoms with Gasteiger partial charge < -0.3 is 5.11 Å². The summed E-state index contributed by atoms with van der Waals surface area (Å²) in [4.78, 5) is 11.2. The molecule has 0 radical (unpaired) electrons. The van der Waals surface area contributed by atoms with Crippen LogP contribution in [0.25, 0.3) is 16.9 Å². The van der Waals surface area contributed by atoms with E-state index in [1.54, 1.807) is 18.2 Å². The van der Waals surface area contributed by atoms with Crippen LogP contribution in [0.5, 0.6) is 0 Å². The molecule has 3 aromatic rings. The Hall–Kier alpha value is -2.51. The zero-order valence-corrected chi connectivity index (χ0v) is 15.0. The number of rotatable bonds is 4. The van der Waals surface area contributed by atoms with Crippen LogP contribution in [0, 0.1) is 0 Å². The van der Waals surface area contributed by atoms with Crippen LogP contribution in [0.4, 0.5) is 13.2 Å². The monoisotopic (exact) mass is 414 g/mol. The number of aliphatic carboxylic acids is 1. The van der Waals surface area contributed by atoms with Crippen LogP contribution >= 0.6 is 23.2 Å². The third-order valence-corrected chi connectivity index (χ3v) is 4.52. The fraction of sp³-hybridized carbons (Fsp3) is 0.111. The first-order chi connectivity index (χ1) is 12.6. The summed E-state index contributed by atoms with van der Waals surface area (Å²) in [5.74, 6) is -1.07. The van der Waals surface area contributed by atoms with Crippen molar-refractivity contribution < 1.29 is 23.1 Å². The van der Waals surface area contributed by atoms with Crippen molar-refractivity contribution in [2.45, 2.75) is 12.6 Å². The van der Waals surface area contributed by atoms with Crippen molar-refractivity contribution in [1.29, 1.82) is 0 Å². The molecule has 0 spiro atoms. The number of benzene rings is 2. The number of nitrogens with zero attached hydrogens (tertiary/aromatic N) is 2. The minimum absolute atomic E-state index is 0.277. The van der Waals surface area contributed by atoms with Gasteiger partial charge in [-0.15, -0.1) is 0 Å². The van der Waals surface area contributed by atoms with E-state index < -0.39 is 17.7 Å². The molecular formula is C18H11Cl2F3N2O2. The molecule has 0 aliphatic rings. The molecule has 1 heterocycles. The number of hydrogen-bond donors (Lipinski definition) is 1. The van der Waals surface area contributed by atoms with E-state index in [0.717, 1.165) is 12.1 Å². The summed E-state index contributed by atoms with van der Waals surface area (Å²) in [5.41, 5.74) is 0.873. The van der Waals surface area contributed by atoms with Crippen molar-refractivity contribution in [2.24, 2.45) is 0 Å². The quantitative estimate of drug-likeness (QED) is 0.613. The van der Waals surface area contributed by atoms with E-state index in [0.29, 0.717) is 27.5 Å². The maximum atomic E-state index is 12.7. The number of hydrogen-bond acceptors (Lipinski definition) is 2. The van der Waals surface area contributed by atoms with Gasteiger partial charge in [0.05, 0.1) is 33.4 Å². The average molecular weight is 415 g/mol. The summed E-state index contributed by atoms with van der Waals surface area (Å²) in [6, 6.07) is 9.14. The van der Waals surface area contributed by atoms with Crippen molar-refractivity contribution in [1.82, 2.24) is 9.78 Å². The molecule has 0 saturated carbocycles. The first-order valence-electron chi connectivity index (χ1n) is 7.58. The van der Waals surface area contributed by atoms with Crippen LogP contribution < -0.4 is 0 Å². The lowest BCUT2D eigenvalue weighted by Gasteiger charge is -2.07. The van der Waals surface area contributed by atoms with E-state index in [2.05, 4.69) is 5.10 Å². The maximum absolute atomic E-state index is 12.7. The fourth-order valence-corrected chi connectivity index (χ4v) is 2.82. The number of aromatic nitrogens is 2. The molecule has 0 fully saturated rings. The molecule has 1 aromatic heterocycles. The molecule has 0 aliphatic carbocycles. The van der Waals surface area contributed by atoms with Crippen LogP contribution in [0.2, 0.25) is 10.0 Å². The number of carboxylic acids is 1. The molecule has 27 heavy (non-hydrogen) atoms. The maximum Gasteiger partial charge on any atom is 0.416 e. The molecule has 0 aliphatic heterocycles. The highest BCUT2D eigenvalue weighted by atomic mass is 35.5. The largest absolute Gasteiger partial charge is 0.481 e. The van der Waals surface area contributed by atoms with Gasteiger partial charge >= 0.3 is 12.1 Å². The highest BCUT2D eigenvalue weighted by molar-refractivity contribution is 6.42. The Balaban J connectivity index is 2.06. The number of alkyl halides is 3. The molecule has 0 atom stereocenters. The summed E-state index contributed by atoms with van der Waals surface area (Å²) >= 11 is 11.9. The Morgan fingerprint density at radius 3 is 2.30 bits per heavy atom. The van der Waals surface area contributed by atoms with Crippen LogP contribution in [0.1, 0.15) is 11.1 Å². The second-order valence-electron chi connectivity index (χ2n) is 5.69. The van der Waals surface area contributed by atoms with Crippen molar-refractivity contribution >= 4 is 29.2 Å². The predicted octanol–water partition coefficient (Wildman–Crippen LogP) is 5.49. The van der Waals surface area contributed by atoms with Gasteiger partial charge in [0.15, 0.2) is 0 Å². The number of carbonyl (C=O) groups is 1. The van der Waals surface area contributed by atoms with E-state index in [1.165, 1.54) is 23.0 Å². The van der Waals surface area contributed by atoms with Crippen LogP contribution in [0.3, 0.4) is 0 Å². The molecule has 2 aromatic carbocycles. The molecule has 4 nitrogen and oxygen atoms in total. The van der Waals surface area contributed by atoms with Crippen molar-refractivity contribution in [3.63, 3.8) is 0 Å². The Morgan fingerprint density at radius 2 is 1.74 bits per heavy atom. The summed E-state index contributed by atoms with van der Waals surface area (Å²) in [5, 5.41) is 14.1. The Kier molecular flexibility index (Phi) is 5.17. The van der Waals surface area contributed by atoms with Gasteiger partial charge in [-0.1, -0.05) is 29.3 Å². The van der Waals surface area contributed by atoms with Gasteiger partial charge in [0, 0.05) is 17.3 Å². The van der Waals surface area contributed by atoms with E-state index in [-0.39, 0.29) is 11.4 Å². The highest BCUT2D eigenvalue weighted by Crippen LogP contribution is 2.32. The van der Waals surface area contributed by atoms with E-state index in [9.17, 15) is 18.0 Å². The predicted molar refractivity (Wildman–Crippen MR) is 95.4 cm³/mol. The molecule has 1 N–H and O–H groups in total. The Labute approximate surface area is 161 Å². The minimum Gasteiger partial charge on any atom is -0.481 e. The van der Waals surface area contributed by atoms with Gasteiger partial charge in [0.2, 0.25) is 0 Å². The van der Waals surface area contributed by atoms with Crippen LogP contribution in [0.15, 0.2) is 48.7 Å². The Morgan fingerprint density at radius 1 is 1.07 bits per heavy atom. The molecule has 0 amide bonds. The SMILES string of the molecule is O=C(O)Cc1cn(-c2ccc(C(F)(F)F)cc2)nc1-c1ccc(Cl)c(Cl)c1. The topological polar surface area (TPSA) is 55.1 Å². The highest BCUT2D eigenvalue weighted by Gasteiger charge is 2.30. The molecule has 3 rings (SSSR count). The summed E-state index contributed by atoms with van der Waals surface area (Å²) in [6.07, 6.45) is -3.28. The summed E-state index contributed by atoms with van der Waals surface area (Å²) < 4.78 is 39.5. The molecular weight excluding hydrogens is 404 g/mol. The third kappa shape index (κ3) is 4.26. The van der Waals surface area contributed by atoms with E-state index >= 15 is 0 Å². The zero-order chi connectivity index (χ0) is 19.8. The second kappa shape index (κ2) is 7.25. The average Bonchev–Trinajstić information content (AvgIpc) is 3.00. The van der Waals surface area contributed by atoms with Gasteiger partial charge in [0.1, 0.15) is 0 Å². The van der Waals surface area contributed by atoms with E-state index in [1.807, 2.05) is 0 Å². The lowest BCUT2D eigenvalue weighted by molar-refractivity contribution is -0.138. The van der Waals surface area contributed by atoms with Crippen LogP contribution in [-0.4, -0.2) is 20.9 Å². The number of carboxylic acid groups (broad SMARTS) is 1. The van der Waals surface area contributed by atoms with Crippen molar-refractivity contribution in [2.75, 3.05) is 0 Å². The van der Waals surface area contributed by atoms with Crippen LogP contribution in [-0.2, 0) is 17.4 Å². The van der Waals surface area contributed by atoms with Crippen molar-refractivity contribution in [3.05, 3.63) is 69.8 Å². The first kappa shape index (κ1) is 19.3. The molecule has 140 valence electrons. The van der Waals surface area contributed by atoms with Gasteiger partial charge in [-0.3, -0.25) is 4.79 Å². The fourth-order valence-electron chi connectivity index (χ4n) is 2.52. The zero-order valence-electron chi connectivity index (χ0n) is 13.5. The smallest absolute Gasteiger partial charge is 0.416 e. The molecule has 0 bridgehead atoms. The lowest BCUT2D eigenvalue weighted by Crippen LogP contribution is -2.05. The second-order valence-corrected chi connectivity index (χ2v) is 6.51. The minimum atomic E-state index is -4.44. The van der Waals surface area contributed by atoms with Gasteiger partial charge in [0.25, 0.3) is 0 Å². The summed E-state index contributed by atoms with van der Waals surface area (Å²) in [6.45, 7) is 0. The molecule has 0 unspecified atom stereocenters. The standard InChI is InChI=1S/C18H11Cl2F3N2O2/c19-14-6-1-10(7-15(14)20)17-11(8-16(26)27)9-25(24-17)13-4-2-12(3-5-13)18(21,22)23/h1-7,9H,8H2,(H,26,27). The third-order valence-electron chi connectivity index (χ3n) is 3.78. The lowest BCUT2D eigenvalue weighted by atomic mass is 10.1. The normalized spacial score (nSPS) is 11.6. The van der Waals surface area contributed by atoms with Crippen molar-refractivity contribution in [3.8, 4) is 16.9 Å².